The molecule has 1 N–H and O–H groups in total. The highest BCUT2D eigenvalue weighted by Crippen LogP contribution is 2.17. The third kappa shape index (κ3) is 6.06. The van der Waals surface area contributed by atoms with Crippen LogP contribution in [0.1, 0.15) is 37.4 Å². The maximum atomic E-state index is 4.54. The van der Waals surface area contributed by atoms with Crippen LogP contribution in [0.3, 0.4) is 0 Å². The molecule has 0 spiro atoms. The standard InChI is InChI=1S/C18H33N5S/c1-14(2)10-23-8-6-7-16(11-23)9-20-18(19-4)22(5)12-17-13-24-15(3)21-17/h13-14,16H,6-12H2,1-5H3,(H,19,20). The van der Waals surface area contributed by atoms with Crippen LogP contribution in [-0.4, -0.2) is 61.0 Å². The molecule has 1 aliphatic rings. The lowest BCUT2D eigenvalue weighted by molar-refractivity contribution is 0.159. The molecule has 1 aromatic rings. The van der Waals surface area contributed by atoms with Crippen LogP contribution in [0.2, 0.25) is 0 Å². The number of nitrogens with zero attached hydrogens (tertiary/aromatic N) is 4. The van der Waals surface area contributed by atoms with Gasteiger partial charge in [-0.05, 0) is 38.1 Å². The van der Waals surface area contributed by atoms with Gasteiger partial charge in [0, 0.05) is 39.1 Å². The molecule has 0 bridgehead atoms. The van der Waals surface area contributed by atoms with E-state index in [9.17, 15) is 0 Å². The number of likely N-dealkylation sites (tertiary alicyclic amines) is 1. The summed E-state index contributed by atoms with van der Waals surface area (Å²) in [4.78, 5) is 13.8. The van der Waals surface area contributed by atoms with Gasteiger partial charge >= 0.3 is 0 Å². The van der Waals surface area contributed by atoms with E-state index in [0.717, 1.165) is 35.7 Å². The quantitative estimate of drug-likeness (QED) is 0.632. The Kier molecular flexibility index (Phi) is 7.49. The number of nitrogens with one attached hydrogen (secondary N) is 1. The van der Waals surface area contributed by atoms with Crippen LogP contribution in [-0.2, 0) is 6.54 Å². The number of guanidine groups is 1. The van der Waals surface area contributed by atoms with E-state index in [-0.39, 0.29) is 0 Å². The van der Waals surface area contributed by atoms with Crippen molar-refractivity contribution in [1.82, 2.24) is 20.1 Å². The molecule has 0 amide bonds. The van der Waals surface area contributed by atoms with Gasteiger partial charge in [0.25, 0.3) is 0 Å². The number of thiazole rings is 1. The smallest absolute Gasteiger partial charge is 0.193 e. The van der Waals surface area contributed by atoms with Crippen LogP contribution < -0.4 is 5.32 Å². The Morgan fingerprint density at radius 3 is 2.96 bits per heavy atom. The Labute approximate surface area is 151 Å². The van der Waals surface area contributed by atoms with Gasteiger partial charge in [-0.25, -0.2) is 4.98 Å². The minimum atomic E-state index is 0.712. The van der Waals surface area contributed by atoms with Gasteiger partial charge in [0.2, 0.25) is 0 Å². The zero-order valence-electron chi connectivity index (χ0n) is 15.9. The Bertz CT molecular complexity index is 525. The molecule has 0 saturated carbocycles. The highest BCUT2D eigenvalue weighted by molar-refractivity contribution is 7.09. The lowest BCUT2D eigenvalue weighted by Gasteiger charge is -2.34. The van der Waals surface area contributed by atoms with Crippen molar-refractivity contribution in [3.8, 4) is 0 Å². The summed E-state index contributed by atoms with van der Waals surface area (Å²) < 4.78 is 0. The minimum absolute atomic E-state index is 0.712. The fourth-order valence-electron chi connectivity index (χ4n) is 3.42. The van der Waals surface area contributed by atoms with Crippen LogP contribution in [0, 0.1) is 18.8 Å². The molecule has 1 aliphatic heterocycles. The summed E-state index contributed by atoms with van der Waals surface area (Å²) in [5.41, 5.74) is 1.11. The zero-order chi connectivity index (χ0) is 17.5. The molecular weight excluding hydrogens is 318 g/mol. The summed E-state index contributed by atoms with van der Waals surface area (Å²) in [5, 5.41) is 6.81. The molecule has 0 aromatic carbocycles. The second kappa shape index (κ2) is 9.37. The molecule has 1 fully saturated rings. The number of piperidine rings is 1. The van der Waals surface area contributed by atoms with Gasteiger partial charge in [-0.3, -0.25) is 4.99 Å². The molecule has 0 radical (unpaired) electrons. The van der Waals surface area contributed by atoms with Crippen molar-refractivity contribution in [3.63, 3.8) is 0 Å². The van der Waals surface area contributed by atoms with E-state index in [0.29, 0.717) is 5.92 Å². The SMILES string of the molecule is CN=C(NCC1CCCN(CC(C)C)C1)N(C)Cc1csc(C)n1. The number of hydrogen-bond donors (Lipinski definition) is 1. The average Bonchev–Trinajstić information content (AvgIpc) is 2.92. The fourth-order valence-corrected chi connectivity index (χ4v) is 4.02. The molecule has 2 rings (SSSR count). The summed E-state index contributed by atoms with van der Waals surface area (Å²) in [5.74, 6) is 2.42. The fraction of sp³-hybridized carbons (Fsp3) is 0.778. The molecule has 24 heavy (non-hydrogen) atoms. The van der Waals surface area contributed by atoms with E-state index < -0.39 is 0 Å². The normalized spacial score (nSPS) is 19.8. The van der Waals surface area contributed by atoms with E-state index in [1.165, 1.54) is 32.5 Å². The number of hydrogen-bond acceptors (Lipinski definition) is 4. The van der Waals surface area contributed by atoms with Crippen LogP contribution in [0.15, 0.2) is 10.4 Å². The van der Waals surface area contributed by atoms with Gasteiger partial charge in [0.05, 0.1) is 17.2 Å². The van der Waals surface area contributed by atoms with E-state index >= 15 is 0 Å². The Hall–Kier alpha value is -1.14. The molecule has 1 aromatic heterocycles. The molecular formula is C18H33N5S. The Morgan fingerprint density at radius 1 is 1.54 bits per heavy atom. The van der Waals surface area contributed by atoms with E-state index in [1.807, 2.05) is 14.0 Å². The summed E-state index contributed by atoms with van der Waals surface area (Å²) in [6.45, 7) is 12.1. The van der Waals surface area contributed by atoms with Gasteiger partial charge < -0.3 is 15.1 Å². The lowest BCUT2D eigenvalue weighted by atomic mass is 9.97. The third-order valence-corrected chi connectivity index (χ3v) is 5.24. The predicted molar refractivity (Wildman–Crippen MR) is 104 cm³/mol. The van der Waals surface area contributed by atoms with Crippen molar-refractivity contribution in [3.05, 3.63) is 16.1 Å². The minimum Gasteiger partial charge on any atom is -0.356 e. The summed E-state index contributed by atoms with van der Waals surface area (Å²) >= 11 is 1.70. The van der Waals surface area contributed by atoms with Crippen molar-refractivity contribution < 1.29 is 0 Å². The average molecular weight is 352 g/mol. The predicted octanol–water partition coefficient (Wildman–Crippen LogP) is 2.83. The number of aromatic nitrogens is 1. The molecule has 5 nitrogen and oxygen atoms in total. The van der Waals surface area contributed by atoms with Crippen LogP contribution in [0.25, 0.3) is 0 Å². The molecule has 1 atom stereocenters. The number of rotatable bonds is 6. The van der Waals surface area contributed by atoms with Crippen LogP contribution >= 0.6 is 11.3 Å². The molecule has 2 heterocycles. The van der Waals surface area contributed by atoms with E-state index in [1.54, 1.807) is 11.3 Å². The second-order valence-corrected chi connectivity index (χ2v) is 8.37. The van der Waals surface area contributed by atoms with Crippen molar-refractivity contribution in [2.45, 2.75) is 40.2 Å². The first-order chi connectivity index (χ1) is 11.5. The lowest BCUT2D eigenvalue weighted by Crippen LogP contribution is -2.45. The molecule has 1 unspecified atom stereocenters. The van der Waals surface area contributed by atoms with Crippen molar-refractivity contribution in [2.24, 2.45) is 16.8 Å². The summed E-state index contributed by atoms with van der Waals surface area (Å²) in [7, 11) is 3.94. The second-order valence-electron chi connectivity index (χ2n) is 7.30. The van der Waals surface area contributed by atoms with Crippen LogP contribution in [0.5, 0.6) is 0 Å². The highest BCUT2D eigenvalue weighted by Gasteiger charge is 2.21. The maximum Gasteiger partial charge on any atom is 0.193 e. The van der Waals surface area contributed by atoms with Crippen molar-refractivity contribution in [1.29, 1.82) is 0 Å². The molecule has 1 saturated heterocycles. The third-order valence-electron chi connectivity index (χ3n) is 4.41. The largest absolute Gasteiger partial charge is 0.356 e. The van der Waals surface area contributed by atoms with E-state index in [4.69, 9.17) is 0 Å². The molecule has 6 heteroatoms. The van der Waals surface area contributed by atoms with Crippen molar-refractivity contribution in [2.75, 3.05) is 40.3 Å². The van der Waals surface area contributed by atoms with Gasteiger partial charge in [-0.2, -0.15) is 0 Å². The van der Waals surface area contributed by atoms with Gasteiger partial charge in [-0.15, -0.1) is 11.3 Å². The first-order valence-corrected chi connectivity index (χ1v) is 9.91. The topological polar surface area (TPSA) is 43.8 Å². The number of aryl methyl sites for hydroxylation is 1. The maximum absolute atomic E-state index is 4.54. The molecule has 0 aliphatic carbocycles. The number of aliphatic imine (C=N–C) groups is 1. The monoisotopic (exact) mass is 351 g/mol. The highest BCUT2D eigenvalue weighted by atomic mass is 32.1. The molecule has 136 valence electrons. The first kappa shape index (κ1) is 19.2. The Morgan fingerprint density at radius 2 is 2.33 bits per heavy atom. The van der Waals surface area contributed by atoms with Gasteiger partial charge in [0.1, 0.15) is 0 Å². The van der Waals surface area contributed by atoms with Crippen LogP contribution in [0.4, 0.5) is 0 Å². The van der Waals surface area contributed by atoms with Gasteiger partial charge in [-0.1, -0.05) is 13.8 Å². The first-order valence-electron chi connectivity index (χ1n) is 9.03. The zero-order valence-corrected chi connectivity index (χ0v) is 16.7. The van der Waals surface area contributed by atoms with Gasteiger partial charge in [0.15, 0.2) is 5.96 Å². The Balaban J connectivity index is 1.80. The summed E-state index contributed by atoms with van der Waals surface area (Å²) in [6, 6.07) is 0. The summed E-state index contributed by atoms with van der Waals surface area (Å²) in [6.07, 6.45) is 2.62. The van der Waals surface area contributed by atoms with E-state index in [2.05, 4.69) is 51.4 Å². The van der Waals surface area contributed by atoms with Crippen molar-refractivity contribution >= 4 is 17.3 Å².